The average Bonchev–Trinajstić information content (AvgIpc) is 3.55. The van der Waals surface area contributed by atoms with Gasteiger partial charge in [0.1, 0.15) is 5.82 Å². The molecule has 0 unspecified atom stereocenters. The Bertz CT molecular complexity index is 1360. The zero-order chi connectivity index (χ0) is 26.8. The Balaban J connectivity index is 1.24. The predicted octanol–water partition coefficient (Wildman–Crippen LogP) is 1.27. The van der Waals surface area contributed by atoms with E-state index in [1.165, 1.54) is 4.90 Å². The van der Waals surface area contributed by atoms with Crippen LogP contribution in [-0.2, 0) is 30.3 Å². The molecule has 38 heavy (non-hydrogen) atoms. The van der Waals surface area contributed by atoms with Gasteiger partial charge in [-0.1, -0.05) is 12.1 Å². The van der Waals surface area contributed by atoms with Gasteiger partial charge < -0.3 is 40.4 Å². The molecule has 5 N–H and O–H groups in total. The summed E-state index contributed by atoms with van der Waals surface area (Å²) < 4.78 is 10.9. The van der Waals surface area contributed by atoms with Gasteiger partial charge in [0.15, 0.2) is 12.2 Å². The number of carbonyl (C=O) groups is 3. The molecule has 0 bridgehead atoms. The number of H-pyrrole nitrogens is 1. The van der Waals surface area contributed by atoms with Crippen molar-refractivity contribution in [2.75, 3.05) is 49.3 Å². The lowest BCUT2D eigenvalue weighted by Crippen LogP contribution is -2.55. The van der Waals surface area contributed by atoms with Gasteiger partial charge in [0.2, 0.25) is 5.91 Å². The van der Waals surface area contributed by atoms with Crippen LogP contribution in [0, 0.1) is 0 Å². The van der Waals surface area contributed by atoms with Crippen molar-refractivity contribution in [3.8, 4) is 0 Å². The summed E-state index contributed by atoms with van der Waals surface area (Å²) in [6.45, 7) is 1.64. The minimum Gasteiger partial charge on any atom is -0.385 e. The number of rotatable bonds is 7. The Morgan fingerprint density at radius 1 is 1.26 bits per heavy atom. The number of ether oxygens (including phenoxy) is 2. The Kier molecular flexibility index (Phi) is 7.32. The van der Waals surface area contributed by atoms with Crippen molar-refractivity contribution in [2.24, 2.45) is 0 Å². The largest absolute Gasteiger partial charge is 0.385 e. The SMILES string of the molecule is CO[C@@H]1CCN(C(=O)Cc2cccc(N3CCO[C@H]([C@@H](O)C(=O)Nc4ccc5c(N)[nH]cc5c4)C3=O)c2)C1. The Morgan fingerprint density at radius 2 is 2.11 bits per heavy atom. The molecule has 11 heteroatoms. The lowest BCUT2D eigenvalue weighted by molar-refractivity contribution is -0.150. The van der Waals surface area contributed by atoms with E-state index in [1.807, 2.05) is 6.07 Å². The molecule has 0 spiro atoms. The van der Waals surface area contributed by atoms with E-state index in [0.29, 0.717) is 30.3 Å². The van der Waals surface area contributed by atoms with Gasteiger partial charge in [-0.2, -0.15) is 0 Å². The van der Waals surface area contributed by atoms with Crippen LogP contribution < -0.4 is 16.0 Å². The second-order valence-corrected chi connectivity index (χ2v) is 9.55. The molecule has 5 rings (SSSR count). The number of hydrogen-bond donors (Lipinski definition) is 4. The Morgan fingerprint density at radius 3 is 2.89 bits per heavy atom. The van der Waals surface area contributed by atoms with Gasteiger partial charge in [-0.3, -0.25) is 14.4 Å². The minimum absolute atomic E-state index is 0.000451. The first-order chi connectivity index (χ1) is 18.3. The normalized spacial score (nSPS) is 20.6. The van der Waals surface area contributed by atoms with Crippen molar-refractivity contribution in [1.29, 1.82) is 0 Å². The monoisotopic (exact) mass is 521 g/mol. The summed E-state index contributed by atoms with van der Waals surface area (Å²) in [4.78, 5) is 45.0. The molecule has 11 nitrogen and oxygen atoms in total. The van der Waals surface area contributed by atoms with E-state index < -0.39 is 24.0 Å². The van der Waals surface area contributed by atoms with Crippen LogP contribution in [0.25, 0.3) is 10.8 Å². The zero-order valence-corrected chi connectivity index (χ0v) is 21.1. The zero-order valence-electron chi connectivity index (χ0n) is 21.1. The van der Waals surface area contributed by atoms with Gasteiger partial charge >= 0.3 is 0 Å². The number of carbonyl (C=O) groups excluding carboxylic acids is 3. The highest BCUT2D eigenvalue weighted by Crippen LogP contribution is 2.25. The third-order valence-electron chi connectivity index (χ3n) is 7.08. The highest BCUT2D eigenvalue weighted by molar-refractivity contribution is 6.04. The van der Waals surface area contributed by atoms with Crippen molar-refractivity contribution in [3.63, 3.8) is 0 Å². The number of hydrogen-bond acceptors (Lipinski definition) is 7. The number of anilines is 3. The molecule has 0 aliphatic carbocycles. The molecule has 2 fully saturated rings. The summed E-state index contributed by atoms with van der Waals surface area (Å²) in [5, 5.41) is 15.0. The lowest BCUT2D eigenvalue weighted by Gasteiger charge is -2.34. The molecule has 200 valence electrons. The van der Waals surface area contributed by atoms with E-state index in [9.17, 15) is 19.5 Å². The first-order valence-corrected chi connectivity index (χ1v) is 12.5. The number of likely N-dealkylation sites (tertiary alicyclic amines) is 1. The third kappa shape index (κ3) is 5.21. The van der Waals surface area contributed by atoms with Gasteiger partial charge in [-0.15, -0.1) is 0 Å². The van der Waals surface area contributed by atoms with Crippen molar-refractivity contribution in [1.82, 2.24) is 9.88 Å². The molecule has 3 aromatic rings. The summed E-state index contributed by atoms with van der Waals surface area (Å²) >= 11 is 0. The van der Waals surface area contributed by atoms with E-state index in [-0.39, 0.29) is 31.6 Å². The number of nitrogens with two attached hydrogens (primary N) is 1. The molecule has 2 aliphatic rings. The summed E-state index contributed by atoms with van der Waals surface area (Å²) in [7, 11) is 1.65. The molecule has 0 radical (unpaired) electrons. The molecule has 0 saturated carbocycles. The van der Waals surface area contributed by atoms with Crippen molar-refractivity contribution >= 4 is 45.7 Å². The quantitative estimate of drug-likeness (QED) is 0.366. The number of aliphatic hydroxyl groups is 1. The van der Waals surface area contributed by atoms with E-state index in [0.717, 1.165) is 22.8 Å². The van der Waals surface area contributed by atoms with E-state index >= 15 is 0 Å². The maximum atomic E-state index is 13.3. The number of aromatic amines is 1. The highest BCUT2D eigenvalue weighted by atomic mass is 16.5. The number of nitrogens with zero attached hydrogens (tertiary/aromatic N) is 2. The predicted molar refractivity (Wildman–Crippen MR) is 142 cm³/mol. The molecular formula is C27H31N5O6. The fourth-order valence-electron chi connectivity index (χ4n) is 4.95. The molecular weight excluding hydrogens is 490 g/mol. The number of fused-ring (bicyclic) bond motifs is 1. The molecule has 1 aromatic heterocycles. The number of amides is 3. The highest BCUT2D eigenvalue weighted by Gasteiger charge is 2.39. The van der Waals surface area contributed by atoms with Gasteiger partial charge in [-0.25, -0.2) is 0 Å². The van der Waals surface area contributed by atoms with E-state index in [2.05, 4.69) is 10.3 Å². The maximum Gasteiger partial charge on any atom is 0.259 e. The molecule has 3 atom stereocenters. The lowest BCUT2D eigenvalue weighted by atomic mass is 10.1. The molecule has 2 aliphatic heterocycles. The molecule has 2 aromatic carbocycles. The number of nitrogen functional groups attached to an aromatic ring is 1. The number of nitrogens with one attached hydrogen (secondary N) is 2. The smallest absolute Gasteiger partial charge is 0.259 e. The fourth-order valence-corrected chi connectivity index (χ4v) is 4.95. The van der Waals surface area contributed by atoms with Crippen LogP contribution >= 0.6 is 0 Å². The summed E-state index contributed by atoms with van der Waals surface area (Å²) in [5.41, 5.74) is 7.65. The Hall–Kier alpha value is -3.93. The van der Waals surface area contributed by atoms with Crippen LogP contribution in [0.15, 0.2) is 48.7 Å². The van der Waals surface area contributed by atoms with Crippen LogP contribution in [0.3, 0.4) is 0 Å². The molecule has 2 saturated heterocycles. The maximum absolute atomic E-state index is 13.3. The fraction of sp³-hybridized carbons (Fsp3) is 0.370. The van der Waals surface area contributed by atoms with Gasteiger partial charge in [0.25, 0.3) is 11.8 Å². The second kappa shape index (κ2) is 10.8. The summed E-state index contributed by atoms with van der Waals surface area (Å²) in [6, 6.07) is 12.3. The van der Waals surface area contributed by atoms with Crippen molar-refractivity contribution in [2.45, 2.75) is 31.2 Å². The second-order valence-electron chi connectivity index (χ2n) is 9.55. The van der Waals surface area contributed by atoms with Crippen LogP contribution in [0.1, 0.15) is 12.0 Å². The van der Waals surface area contributed by atoms with Crippen LogP contribution in [0.4, 0.5) is 17.2 Å². The van der Waals surface area contributed by atoms with Gasteiger partial charge in [-0.05, 0) is 42.3 Å². The van der Waals surface area contributed by atoms with Crippen LogP contribution in [0.5, 0.6) is 0 Å². The number of morpholine rings is 1. The molecule has 3 amide bonds. The molecule has 3 heterocycles. The average molecular weight is 522 g/mol. The van der Waals surface area contributed by atoms with E-state index in [4.69, 9.17) is 15.2 Å². The topological polar surface area (TPSA) is 150 Å². The first kappa shape index (κ1) is 25.7. The van der Waals surface area contributed by atoms with Crippen LogP contribution in [0.2, 0.25) is 0 Å². The van der Waals surface area contributed by atoms with Crippen molar-refractivity contribution in [3.05, 3.63) is 54.2 Å². The van der Waals surface area contributed by atoms with Gasteiger partial charge in [0, 0.05) is 55.1 Å². The minimum atomic E-state index is -1.72. The number of aliphatic hydroxyl groups excluding tert-OH is 1. The number of methoxy groups -OCH3 is 1. The summed E-state index contributed by atoms with van der Waals surface area (Å²) in [5.74, 6) is -0.769. The first-order valence-electron chi connectivity index (χ1n) is 12.5. The third-order valence-corrected chi connectivity index (χ3v) is 7.08. The van der Waals surface area contributed by atoms with Crippen LogP contribution in [-0.4, -0.2) is 84.4 Å². The summed E-state index contributed by atoms with van der Waals surface area (Å²) in [6.07, 6.45) is -0.286. The van der Waals surface area contributed by atoms with Crippen molar-refractivity contribution < 1.29 is 29.0 Å². The van der Waals surface area contributed by atoms with E-state index in [1.54, 1.807) is 54.6 Å². The van der Waals surface area contributed by atoms with Gasteiger partial charge in [0.05, 0.1) is 19.1 Å². The number of aromatic nitrogens is 1. The Labute approximate surface area is 219 Å². The number of benzene rings is 2. The standard InChI is InChI=1S/C27H31N5O6/c1-37-20-7-8-31(15-20)22(33)12-16-3-2-4-19(11-16)32-9-10-38-24(27(32)36)23(34)26(35)30-18-5-6-21-17(13-18)14-29-25(21)28/h2-6,11,13-14,20,23-24,29,34H,7-10,12,15,28H2,1H3,(H,30,35)/t20-,23-,24-/m1/s1.